The van der Waals surface area contributed by atoms with Crippen LogP contribution in [-0.4, -0.2) is 36.0 Å². The molecule has 1 fully saturated rings. The molecule has 1 heterocycles. The number of anilines is 1. The van der Waals surface area contributed by atoms with E-state index in [2.05, 4.69) is 4.98 Å². The van der Waals surface area contributed by atoms with Crippen LogP contribution in [0.3, 0.4) is 0 Å². The minimum atomic E-state index is -1.11. The number of amides is 2. The van der Waals surface area contributed by atoms with Gasteiger partial charge in [0.05, 0.1) is 24.9 Å². The number of hydrogen-bond acceptors (Lipinski definition) is 7. The minimum Gasteiger partial charge on any atom is -0.474 e. The first-order valence-corrected chi connectivity index (χ1v) is 7.66. The number of rotatable bonds is 4. The van der Waals surface area contributed by atoms with E-state index >= 15 is 0 Å². The lowest BCUT2D eigenvalue weighted by Crippen LogP contribution is -2.39. The maximum absolute atomic E-state index is 14.0. The van der Waals surface area contributed by atoms with Gasteiger partial charge in [0.25, 0.3) is 0 Å². The summed E-state index contributed by atoms with van der Waals surface area (Å²) in [4.78, 5) is 37.7. The van der Waals surface area contributed by atoms with Gasteiger partial charge in [-0.2, -0.15) is 0 Å². The topological polar surface area (TPSA) is 133 Å². The summed E-state index contributed by atoms with van der Waals surface area (Å²) in [5.41, 5.74) is 1.37. The molecule has 2 amide bonds. The van der Waals surface area contributed by atoms with E-state index in [1.54, 1.807) is 5.43 Å². The Morgan fingerprint density at radius 2 is 1.92 bits per heavy atom. The van der Waals surface area contributed by atoms with Crippen molar-refractivity contribution in [1.82, 2.24) is 10.4 Å². The highest BCUT2D eigenvalue weighted by molar-refractivity contribution is 6.39. The van der Waals surface area contributed by atoms with Gasteiger partial charge in [-0.3, -0.25) is 19.8 Å². The van der Waals surface area contributed by atoms with Gasteiger partial charge < -0.3 is 14.8 Å². The standard InChI is InChI=1S/C15H19FN4O5/c1-24-15(23)8-2-4-9(5-3-8)25-12-6-10(16)11(7-18-12)19-13(21)14(22)20-17/h6-9H,2-5,17H2,1H3,(H,19,21)(H,20,22)/t8-,9+. The molecule has 25 heavy (non-hydrogen) atoms. The molecule has 1 aliphatic rings. The number of aromatic nitrogens is 1. The van der Waals surface area contributed by atoms with Crippen LogP contribution in [0.25, 0.3) is 0 Å². The van der Waals surface area contributed by atoms with Crippen molar-refractivity contribution in [1.29, 1.82) is 0 Å². The van der Waals surface area contributed by atoms with Crippen molar-refractivity contribution in [2.45, 2.75) is 31.8 Å². The summed E-state index contributed by atoms with van der Waals surface area (Å²) in [5.74, 6) is 1.48. The third kappa shape index (κ3) is 4.86. The molecule has 0 aliphatic heterocycles. The van der Waals surface area contributed by atoms with Crippen LogP contribution < -0.4 is 21.3 Å². The van der Waals surface area contributed by atoms with Crippen molar-refractivity contribution < 1.29 is 28.2 Å². The molecule has 2 rings (SSSR count). The van der Waals surface area contributed by atoms with Gasteiger partial charge in [-0.1, -0.05) is 0 Å². The average molecular weight is 354 g/mol. The molecule has 1 aromatic heterocycles. The first-order chi connectivity index (χ1) is 11.9. The van der Waals surface area contributed by atoms with Crippen LogP contribution in [0.1, 0.15) is 25.7 Å². The minimum absolute atomic E-state index is 0.0558. The second-order valence-corrected chi connectivity index (χ2v) is 5.54. The van der Waals surface area contributed by atoms with Crippen molar-refractivity contribution in [3.63, 3.8) is 0 Å². The number of pyridine rings is 1. The van der Waals surface area contributed by atoms with Gasteiger partial charge >= 0.3 is 17.8 Å². The van der Waals surface area contributed by atoms with Crippen LogP contribution >= 0.6 is 0 Å². The monoisotopic (exact) mass is 354 g/mol. The zero-order valence-electron chi connectivity index (χ0n) is 13.6. The van der Waals surface area contributed by atoms with Crippen molar-refractivity contribution in [3.8, 4) is 5.88 Å². The van der Waals surface area contributed by atoms with Gasteiger partial charge in [-0.15, -0.1) is 0 Å². The Balaban J connectivity index is 1.92. The van der Waals surface area contributed by atoms with E-state index in [0.717, 1.165) is 12.3 Å². The van der Waals surface area contributed by atoms with E-state index in [9.17, 15) is 18.8 Å². The Bertz CT molecular complexity index is 661. The first kappa shape index (κ1) is 18.6. The van der Waals surface area contributed by atoms with Crippen molar-refractivity contribution in [3.05, 3.63) is 18.1 Å². The number of halogens is 1. The lowest BCUT2D eigenvalue weighted by molar-refractivity contribution is -0.147. The van der Waals surface area contributed by atoms with E-state index < -0.39 is 17.6 Å². The molecule has 0 unspecified atom stereocenters. The molecular formula is C15H19FN4O5. The number of carbonyl (C=O) groups is 3. The van der Waals surface area contributed by atoms with Gasteiger partial charge in [0, 0.05) is 6.07 Å². The summed E-state index contributed by atoms with van der Waals surface area (Å²) in [6.45, 7) is 0. The van der Waals surface area contributed by atoms with E-state index in [4.69, 9.17) is 15.3 Å². The molecule has 1 saturated carbocycles. The van der Waals surface area contributed by atoms with Gasteiger partial charge in [-0.05, 0) is 25.7 Å². The number of ether oxygens (including phenoxy) is 2. The lowest BCUT2D eigenvalue weighted by atomic mass is 9.87. The van der Waals surface area contributed by atoms with Gasteiger partial charge in [0.15, 0.2) is 5.82 Å². The largest absolute Gasteiger partial charge is 0.474 e. The van der Waals surface area contributed by atoms with Crippen LogP contribution in [-0.2, 0) is 19.1 Å². The number of nitrogens with one attached hydrogen (secondary N) is 2. The van der Waals surface area contributed by atoms with Crippen LogP contribution in [0.5, 0.6) is 5.88 Å². The second-order valence-electron chi connectivity index (χ2n) is 5.54. The number of hydrazine groups is 1. The molecule has 136 valence electrons. The molecule has 0 spiro atoms. The Morgan fingerprint density at radius 3 is 2.48 bits per heavy atom. The Morgan fingerprint density at radius 1 is 1.24 bits per heavy atom. The fourth-order valence-electron chi connectivity index (χ4n) is 2.57. The predicted octanol–water partition coefficient (Wildman–Crippen LogP) is 0.260. The summed E-state index contributed by atoms with van der Waals surface area (Å²) in [7, 11) is 1.36. The molecule has 0 atom stereocenters. The summed E-state index contributed by atoms with van der Waals surface area (Å²) < 4.78 is 24.3. The van der Waals surface area contributed by atoms with E-state index in [1.807, 2.05) is 5.32 Å². The second kappa shape index (κ2) is 8.38. The van der Waals surface area contributed by atoms with E-state index in [0.29, 0.717) is 25.7 Å². The van der Waals surface area contributed by atoms with E-state index in [-0.39, 0.29) is 29.6 Å². The maximum Gasteiger partial charge on any atom is 0.323 e. The van der Waals surface area contributed by atoms with Crippen LogP contribution in [0.2, 0.25) is 0 Å². The molecular weight excluding hydrogens is 335 g/mol. The van der Waals surface area contributed by atoms with Crippen LogP contribution in [0.15, 0.2) is 12.3 Å². The highest BCUT2D eigenvalue weighted by atomic mass is 19.1. The molecule has 0 radical (unpaired) electrons. The molecule has 4 N–H and O–H groups in total. The van der Waals surface area contributed by atoms with E-state index in [1.165, 1.54) is 7.11 Å². The predicted molar refractivity (Wildman–Crippen MR) is 83.5 cm³/mol. The smallest absolute Gasteiger partial charge is 0.323 e. The quantitative estimate of drug-likeness (QED) is 0.232. The molecule has 1 aliphatic carbocycles. The summed E-state index contributed by atoms with van der Waals surface area (Å²) >= 11 is 0. The SMILES string of the molecule is COC(=O)[C@H]1CC[C@@H](Oc2cc(F)c(NC(=O)C(=O)NN)cn2)CC1. The molecule has 0 aromatic carbocycles. The van der Waals surface area contributed by atoms with Crippen LogP contribution in [0.4, 0.5) is 10.1 Å². The number of hydrogen-bond donors (Lipinski definition) is 3. The van der Waals surface area contributed by atoms with Crippen molar-refractivity contribution in [2.75, 3.05) is 12.4 Å². The molecule has 0 saturated heterocycles. The molecule has 1 aromatic rings. The summed E-state index contributed by atoms with van der Waals surface area (Å²) in [6.07, 6.45) is 3.36. The fourth-order valence-corrected chi connectivity index (χ4v) is 2.57. The maximum atomic E-state index is 14.0. The fraction of sp³-hybridized carbons (Fsp3) is 0.467. The Hall–Kier alpha value is -2.75. The number of esters is 1. The highest BCUT2D eigenvalue weighted by Gasteiger charge is 2.28. The summed E-state index contributed by atoms with van der Waals surface area (Å²) in [5, 5.41) is 2.04. The first-order valence-electron chi connectivity index (χ1n) is 7.66. The third-order valence-electron chi connectivity index (χ3n) is 3.91. The zero-order chi connectivity index (χ0) is 18.4. The average Bonchev–Trinajstić information content (AvgIpc) is 2.63. The van der Waals surface area contributed by atoms with Crippen molar-refractivity contribution >= 4 is 23.5 Å². The van der Waals surface area contributed by atoms with Crippen molar-refractivity contribution in [2.24, 2.45) is 11.8 Å². The molecule has 10 heteroatoms. The number of methoxy groups -OCH3 is 1. The van der Waals surface area contributed by atoms with Gasteiger partial charge in [0.2, 0.25) is 5.88 Å². The number of carbonyl (C=O) groups excluding carboxylic acids is 3. The normalized spacial score (nSPS) is 19.6. The van der Waals surface area contributed by atoms with Gasteiger partial charge in [0.1, 0.15) is 6.10 Å². The molecule has 0 bridgehead atoms. The highest BCUT2D eigenvalue weighted by Crippen LogP contribution is 2.28. The molecule has 9 nitrogen and oxygen atoms in total. The zero-order valence-corrected chi connectivity index (χ0v) is 13.6. The Labute approximate surface area is 143 Å². The lowest BCUT2D eigenvalue weighted by Gasteiger charge is -2.27. The number of nitrogens with two attached hydrogens (primary N) is 1. The Kier molecular flexibility index (Phi) is 6.23. The third-order valence-corrected chi connectivity index (χ3v) is 3.91. The number of nitrogens with zero attached hydrogens (tertiary/aromatic N) is 1. The van der Waals surface area contributed by atoms with Crippen LogP contribution in [0, 0.1) is 11.7 Å². The van der Waals surface area contributed by atoms with Gasteiger partial charge in [-0.25, -0.2) is 15.2 Å². The summed E-state index contributed by atoms with van der Waals surface area (Å²) in [6, 6.07) is 1.02.